The van der Waals surface area contributed by atoms with Gasteiger partial charge < -0.3 is 4.74 Å². The van der Waals surface area contributed by atoms with Crippen LogP contribution in [0.3, 0.4) is 0 Å². The minimum absolute atomic E-state index is 0.322. The standard InChI is InChI=1S/C11H9BrN4O2/c1-2-18-10(17)8-3-7(4-13-5-8)9-6-14-11(12)16-15-9/h3-6H,2H2,1H3. The first-order valence-electron chi connectivity index (χ1n) is 5.18. The monoisotopic (exact) mass is 308 g/mol. The van der Waals surface area contributed by atoms with Crippen LogP contribution in [0.5, 0.6) is 0 Å². The topological polar surface area (TPSA) is 77.9 Å². The second-order valence-corrected chi connectivity index (χ2v) is 4.00. The third kappa shape index (κ3) is 2.86. The SMILES string of the molecule is CCOC(=O)c1cncc(-c2cnc(Br)nn2)c1. The Balaban J connectivity index is 2.32. The molecule has 0 spiro atoms. The van der Waals surface area contributed by atoms with E-state index < -0.39 is 5.97 Å². The molecule has 0 saturated heterocycles. The van der Waals surface area contributed by atoms with E-state index in [2.05, 4.69) is 36.1 Å². The predicted molar refractivity (Wildman–Crippen MR) is 66.7 cm³/mol. The van der Waals surface area contributed by atoms with Crippen molar-refractivity contribution in [1.29, 1.82) is 0 Å². The van der Waals surface area contributed by atoms with E-state index >= 15 is 0 Å². The second-order valence-electron chi connectivity index (χ2n) is 3.30. The molecular formula is C11H9BrN4O2. The summed E-state index contributed by atoms with van der Waals surface area (Å²) >= 11 is 3.10. The van der Waals surface area contributed by atoms with Crippen LogP contribution in [0, 0.1) is 0 Å². The smallest absolute Gasteiger partial charge is 0.339 e. The van der Waals surface area contributed by atoms with Crippen molar-refractivity contribution in [1.82, 2.24) is 20.2 Å². The van der Waals surface area contributed by atoms with E-state index in [1.54, 1.807) is 25.4 Å². The van der Waals surface area contributed by atoms with Crippen molar-refractivity contribution in [3.8, 4) is 11.3 Å². The number of esters is 1. The van der Waals surface area contributed by atoms with Crippen LogP contribution in [0.4, 0.5) is 0 Å². The highest BCUT2D eigenvalue weighted by Gasteiger charge is 2.09. The molecule has 0 unspecified atom stereocenters. The molecule has 0 fully saturated rings. The van der Waals surface area contributed by atoms with Crippen molar-refractivity contribution in [3.63, 3.8) is 0 Å². The number of rotatable bonds is 3. The van der Waals surface area contributed by atoms with Gasteiger partial charge in [-0.05, 0) is 28.9 Å². The van der Waals surface area contributed by atoms with Crippen LogP contribution in [0.2, 0.25) is 0 Å². The molecule has 0 aliphatic rings. The zero-order chi connectivity index (χ0) is 13.0. The zero-order valence-electron chi connectivity index (χ0n) is 9.50. The molecule has 0 aliphatic carbocycles. The first-order valence-corrected chi connectivity index (χ1v) is 5.97. The highest BCUT2D eigenvalue weighted by molar-refractivity contribution is 9.10. The molecule has 0 saturated carbocycles. The molecule has 18 heavy (non-hydrogen) atoms. The van der Waals surface area contributed by atoms with Crippen molar-refractivity contribution in [2.24, 2.45) is 0 Å². The van der Waals surface area contributed by atoms with Gasteiger partial charge in [-0.2, -0.15) is 0 Å². The lowest BCUT2D eigenvalue weighted by Gasteiger charge is -2.03. The Morgan fingerprint density at radius 3 is 2.83 bits per heavy atom. The van der Waals surface area contributed by atoms with Gasteiger partial charge in [0.25, 0.3) is 0 Å². The molecule has 0 amide bonds. The summed E-state index contributed by atoms with van der Waals surface area (Å²) in [7, 11) is 0. The van der Waals surface area contributed by atoms with Gasteiger partial charge >= 0.3 is 5.97 Å². The van der Waals surface area contributed by atoms with Crippen molar-refractivity contribution >= 4 is 21.9 Å². The van der Waals surface area contributed by atoms with E-state index in [1.165, 1.54) is 6.20 Å². The van der Waals surface area contributed by atoms with E-state index in [0.29, 0.717) is 28.2 Å². The Morgan fingerprint density at radius 2 is 2.17 bits per heavy atom. The maximum Gasteiger partial charge on any atom is 0.339 e. The molecule has 2 aromatic rings. The number of halogens is 1. The third-order valence-corrected chi connectivity index (χ3v) is 2.44. The third-order valence-electron chi connectivity index (χ3n) is 2.08. The Bertz CT molecular complexity index is 559. The lowest BCUT2D eigenvalue weighted by molar-refractivity contribution is 0.0526. The molecule has 2 aromatic heterocycles. The van der Waals surface area contributed by atoms with Gasteiger partial charge in [0, 0.05) is 18.0 Å². The molecule has 2 heterocycles. The lowest BCUT2D eigenvalue weighted by Crippen LogP contribution is -2.05. The van der Waals surface area contributed by atoms with Crippen molar-refractivity contribution < 1.29 is 9.53 Å². The number of ether oxygens (including phenoxy) is 1. The van der Waals surface area contributed by atoms with Crippen LogP contribution in [0.1, 0.15) is 17.3 Å². The summed E-state index contributed by atoms with van der Waals surface area (Å²) in [6.07, 6.45) is 4.58. The molecule has 0 aromatic carbocycles. The summed E-state index contributed by atoms with van der Waals surface area (Å²) in [5, 5.41) is 7.72. The number of hydrogen-bond acceptors (Lipinski definition) is 6. The molecule has 0 N–H and O–H groups in total. The highest BCUT2D eigenvalue weighted by atomic mass is 79.9. The molecule has 0 atom stereocenters. The van der Waals surface area contributed by atoms with E-state index in [4.69, 9.17) is 4.74 Å². The Labute approximate surface area is 112 Å². The van der Waals surface area contributed by atoms with Crippen molar-refractivity contribution in [3.05, 3.63) is 35.0 Å². The Kier molecular flexibility index (Phi) is 3.93. The van der Waals surface area contributed by atoms with Crippen LogP contribution in [-0.4, -0.2) is 32.7 Å². The van der Waals surface area contributed by atoms with Crippen LogP contribution in [0.15, 0.2) is 29.4 Å². The first-order chi connectivity index (χ1) is 8.70. The zero-order valence-corrected chi connectivity index (χ0v) is 11.1. The first kappa shape index (κ1) is 12.6. The van der Waals surface area contributed by atoms with Gasteiger partial charge in [-0.1, -0.05) is 0 Å². The maximum absolute atomic E-state index is 11.6. The molecule has 92 valence electrons. The van der Waals surface area contributed by atoms with Gasteiger partial charge in [0.15, 0.2) is 0 Å². The van der Waals surface area contributed by atoms with Crippen molar-refractivity contribution in [2.75, 3.05) is 6.61 Å². The van der Waals surface area contributed by atoms with E-state index in [9.17, 15) is 4.79 Å². The average molecular weight is 309 g/mol. The Morgan fingerprint density at radius 1 is 1.33 bits per heavy atom. The van der Waals surface area contributed by atoms with Crippen LogP contribution < -0.4 is 0 Å². The van der Waals surface area contributed by atoms with E-state index in [-0.39, 0.29) is 0 Å². The molecule has 6 nitrogen and oxygen atoms in total. The Hall–Kier alpha value is -1.89. The number of pyridine rings is 1. The minimum Gasteiger partial charge on any atom is -0.462 e. The van der Waals surface area contributed by atoms with Crippen molar-refractivity contribution in [2.45, 2.75) is 6.92 Å². The molecule has 0 aliphatic heterocycles. The summed E-state index contributed by atoms with van der Waals surface area (Å²) in [6, 6.07) is 1.64. The number of carbonyl (C=O) groups is 1. The normalized spacial score (nSPS) is 10.1. The molecule has 0 bridgehead atoms. The molecule has 0 radical (unpaired) electrons. The predicted octanol–water partition coefficient (Wildman–Crippen LogP) is 1.87. The largest absolute Gasteiger partial charge is 0.462 e. The summed E-state index contributed by atoms with van der Waals surface area (Å²) in [5.41, 5.74) is 1.57. The lowest BCUT2D eigenvalue weighted by atomic mass is 10.1. The van der Waals surface area contributed by atoms with Gasteiger partial charge in [-0.25, -0.2) is 9.78 Å². The number of aromatic nitrogens is 4. The summed E-state index contributed by atoms with van der Waals surface area (Å²) in [4.78, 5) is 19.5. The summed E-state index contributed by atoms with van der Waals surface area (Å²) < 4.78 is 5.30. The van der Waals surface area contributed by atoms with Crippen LogP contribution >= 0.6 is 15.9 Å². The average Bonchev–Trinajstić information content (AvgIpc) is 2.40. The minimum atomic E-state index is -0.412. The fourth-order valence-corrected chi connectivity index (χ4v) is 1.48. The number of carbonyl (C=O) groups excluding carboxylic acids is 1. The van der Waals surface area contributed by atoms with E-state index in [0.717, 1.165) is 0 Å². The highest BCUT2D eigenvalue weighted by Crippen LogP contribution is 2.16. The van der Waals surface area contributed by atoms with Gasteiger partial charge in [0.05, 0.1) is 18.4 Å². The van der Waals surface area contributed by atoms with E-state index in [1.807, 2.05) is 0 Å². The fourth-order valence-electron chi connectivity index (χ4n) is 1.30. The molecule has 7 heteroatoms. The molecular weight excluding hydrogens is 300 g/mol. The van der Waals surface area contributed by atoms with Gasteiger partial charge in [0.1, 0.15) is 5.69 Å². The summed E-state index contributed by atoms with van der Waals surface area (Å²) in [5.74, 6) is -0.412. The maximum atomic E-state index is 11.6. The van der Waals surface area contributed by atoms with Crippen LogP contribution in [0.25, 0.3) is 11.3 Å². The quantitative estimate of drug-likeness (QED) is 0.806. The van der Waals surface area contributed by atoms with Gasteiger partial charge in [0.2, 0.25) is 4.73 Å². The second kappa shape index (κ2) is 5.63. The number of hydrogen-bond donors (Lipinski definition) is 0. The number of nitrogens with zero attached hydrogens (tertiary/aromatic N) is 4. The summed E-state index contributed by atoms with van der Waals surface area (Å²) in [6.45, 7) is 2.07. The molecule has 2 rings (SSSR count). The fraction of sp³-hybridized carbons (Fsp3) is 0.182. The van der Waals surface area contributed by atoms with Gasteiger partial charge in [-0.3, -0.25) is 4.98 Å². The van der Waals surface area contributed by atoms with Gasteiger partial charge in [-0.15, -0.1) is 10.2 Å². The van der Waals surface area contributed by atoms with Crippen LogP contribution in [-0.2, 0) is 4.74 Å².